The average Bonchev–Trinajstić information content (AvgIpc) is 3.52. The molecule has 6 rings (SSSR count). The highest BCUT2D eigenvalue weighted by molar-refractivity contribution is 6.34. The molecule has 0 saturated carbocycles. The first-order chi connectivity index (χ1) is 24.4. The fraction of sp³-hybridized carbons (Fsp3) is 0.417. The highest BCUT2D eigenvalue weighted by Gasteiger charge is 2.38. The van der Waals surface area contributed by atoms with E-state index in [1.165, 1.54) is 0 Å². The second-order valence-corrected chi connectivity index (χ2v) is 13.4. The molecule has 11 nitrogen and oxygen atoms in total. The molecule has 0 bridgehead atoms. The van der Waals surface area contributed by atoms with E-state index in [-0.39, 0.29) is 39.1 Å². The van der Waals surface area contributed by atoms with Crippen LogP contribution < -0.4 is 15.4 Å². The van der Waals surface area contributed by atoms with E-state index in [4.69, 9.17) is 20.8 Å². The van der Waals surface area contributed by atoms with E-state index in [1.54, 1.807) is 65.8 Å². The van der Waals surface area contributed by atoms with Gasteiger partial charge < -0.3 is 30.0 Å². The molecule has 5 atom stereocenters. The van der Waals surface area contributed by atoms with Gasteiger partial charge in [0.15, 0.2) is 5.58 Å². The van der Waals surface area contributed by atoms with Crippen molar-refractivity contribution in [3.63, 3.8) is 0 Å². The number of β-amino-alcohol motifs (C(OH)–C–C–N with tert-alkyl or cyclic N) is 1. The van der Waals surface area contributed by atoms with Gasteiger partial charge in [-0.3, -0.25) is 24.4 Å². The number of carbonyl (C=O) groups is 2. The fourth-order valence-electron chi connectivity index (χ4n) is 6.72. The van der Waals surface area contributed by atoms with Crippen LogP contribution in [0.1, 0.15) is 29.3 Å². The molecule has 0 aliphatic carbocycles. The topological polar surface area (TPSA) is 140 Å². The number of para-hydroxylation sites is 2. The van der Waals surface area contributed by atoms with Crippen LogP contribution in [0.25, 0.3) is 11.0 Å². The number of amides is 2. The number of aliphatic hydroxyl groups excluding tert-OH is 2. The van der Waals surface area contributed by atoms with Crippen LogP contribution in [-0.2, 0) is 22.6 Å². The Morgan fingerprint density at radius 2 is 1.86 bits per heavy atom. The van der Waals surface area contributed by atoms with Gasteiger partial charge >= 0.3 is 6.18 Å². The summed E-state index contributed by atoms with van der Waals surface area (Å²) in [5, 5.41) is 28.4. The number of piperazine rings is 1. The number of alkyl halides is 3. The highest BCUT2D eigenvalue weighted by atomic mass is 35.5. The summed E-state index contributed by atoms with van der Waals surface area (Å²) < 4.78 is 50.8. The monoisotopic (exact) mass is 729 g/mol. The molecule has 4 aromatic rings. The molecule has 1 unspecified atom stereocenters. The zero-order valence-corrected chi connectivity index (χ0v) is 28.3. The van der Waals surface area contributed by atoms with Gasteiger partial charge in [0.05, 0.1) is 23.7 Å². The number of pyridine rings is 1. The first kappa shape index (κ1) is 36.6. The number of nitrogens with zero attached hydrogens (tertiary/aromatic N) is 3. The van der Waals surface area contributed by atoms with E-state index >= 15 is 0 Å². The molecular formula is C36H39ClF3N5O6. The Balaban J connectivity index is 1.16. The van der Waals surface area contributed by atoms with Crippen LogP contribution in [0.15, 0.2) is 77.5 Å². The van der Waals surface area contributed by atoms with Crippen molar-refractivity contribution in [3.8, 4) is 5.75 Å². The highest BCUT2D eigenvalue weighted by Crippen LogP contribution is 2.33. The first-order valence-corrected chi connectivity index (χ1v) is 17.1. The van der Waals surface area contributed by atoms with Crippen molar-refractivity contribution in [2.45, 2.75) is 49.9 Å². The number of rotatable bonds is 12. The van der Waals surface area contributed by atoms with Gasteiger partial charge in [-0.25, -0.2) is 0 Å². The Hall–Kier alpha value is -4.21. The van der Waals surface area contributed by atoms with E-state index < -0.39 is 54.7 Å². The van der Waals surface area contributed by atoms with Gasteiger partial charge in [-0.2, -0.15) is 13.2 Å². The van der Waals surface area contributed by atoms with Crippen molar-refractivity contribution in [1.29, 1.82) is 0 Å². The van der Waals surface area contributed by atoms with Crippen LogP contribution in [0.5, 0.6) is 5.75 Å². The second-order valence-electron chi connectivity index (χ2n) is 13.0. The summed E-state index contributed by atoms with van der Waals surface area (Å²) >= 11 is 6.27. The Morgan fingerprint density at radius 1 is 1.08 bits per heavy atom. The van der Waals surface area contributed by atoms with Crippen LogP contribution in [0, 0.1) is 5.92 Å². The van der Waals surface area contributed by atoms with E-state index in [2.05, 4.69) is 10.3 Å². The number of hydrogen-bond acceptors (Lipinski definition) is 9. The van der Waals surface area contributed by atoms with Gasteiger partial charge in [-0.15, -0.1) is 0 Å². The standard InChI is InChI=1S/C36H39ClF3N5O6/c37-28-6-3-4-23-16-26(51-33(23)28)18-44-12-13-45(29(19-44)35(49)42-21-36(38,39)40)17-25(46)15-24(14-22-8-10-41-11-9-22)34(48)43-32-27-5-1-2-7-31(27)50-20-30(32)47/h1-11,16,24-25,29-30,32,46-47H,12-15,17-21H2,(H,42,49)(H,43,48)/t24-,25+,29+,30-,32?/m1/s1. The minimum absolute atomic E-state index is 0.00648. The number of fused-ring (bicyclic) bond motifs is 2. The van der Waals surface area contributed by atoms with Crippen LogP contribution in [0.4, 0.5) is 13.2 Å². The first-order valence-electron chi connectivity index (χ1n) is 16.7. The van der Waals surface area contributed by atoms with E-state index in [0.29, 0.717) is 40.8 Å². The molecule has 0 radical (unpaired) electrons. The minimum atomic E-state index is -4.60. The quantitative estimate of drug-likeness (QED) is 0.171. The lowest BCUT2D eigenvalue weighted by atomic mass is 9.91. The summed E-state index contributed by atoms with van der Waals surface area (Å²) in [6, 6.07) is 16.1. The summed E-state index contributed by atoms with van der Waals surface area (Å²) in [6.45, 7) is -0.509. The minimum Gasteiger partial charge on any atom is -0.490 e. The largest absolute Gasteiger partial charge is 0.490 e. The Bertz CT molecular complexity index is 1810. The van der Waals surface area contributed by atoms with Crippen LogP contribution in [0.3, 0.4) is 0 Å². The van der Waals surface area contributed by atoms with E-state index in [9.17, 15) is 33.0 Å². The molecule has 15 heteroatoms. The normalized spacial score (nSPS) is 21.0. The van der Waals surface area contributed by atoms with Crippen molar-refractivity contribution in [2.24, 2.45) is 5.92 Å². The zero-order chi connectivity index (χ0) is 36.1. The maximum Gasteiger partial charge on any atom is 0.405 e. The number of aromatic nitrogens is 1. The molecule has 2 aliphatic rings. The molecule has 2 aromatic carbocycles. The number of nitrogens with one attached hydrogen (secondary N) is 2. The summed E-state index contributed by atoms with van der Waals surface area (Å²) in [5.74, 6) is -0.847. The molecule has 4 N–H and O–H groups in total. The predicted molar refractivity (Wildman–Crippen MR) is 182 cm³/mol. The fourth-order valence-corrected chi connectivity index (χ4v) is 6.95. The number of carbonyl (C=O) groups excluding carboxylic acids is 2. The lowest BCUT2D eigenvalue weighted by Crippen LogP contribution is -2.60. The SMILES string of the molecule is O=C(NC1c2ccccc2OC[C@H]1O)[C@H](Cc1ccncc1)C[C@H](O)CN1CCN(Cc2cc3cccc(Cl)c3o2)C[C@H]1C(=O)NCC(F)(F)F. The molecule has 1 fully saturated rings. The van der Waals surface area contributed by atoms with Gasteiger partial charge in [0.2, 0.25) is 11.8 Å². The molecule has 4 heterocycles. The maximum absolute atomic E-state index is 13.9. The maximum atomic E-state index is 13.9. The molecule has 2 aromatic heterocycles. The Labute approximate surface area is 297 Å². The molecular weight excluding hydrogens is 691 g/mol. The van der Waals surface area contributed by atoms with Gasteiger partial charge in [-0.1, -0.05) is 41.9 Å². The predicted octanol–water partition coefficient (Wildman–Crippen LogP) is 3.87. The lowest BCUT2D eigenvalue weighted by Gasteiger charge is -2.41. The van der Waals surface area contributed by atoms with Crippen molar-refractivity contribution in [1.82, 2.24) is 25.4 Å². The summed E-state index contributed by atoms with van der Waals surface area (Å²) in [7, 11) is 0. The van der Waals surface area contributed by atoms with Gasteiger partial charge in [0.1, 0.15) is 36.8 Å². The summed E-state index contributed by atoms with van der Waals surface area (Å²) in [4.78, 5) is 34.7. The number of benzene rings is 2. The molecule has 0 spiro atoms. The molecule has 51 heavy (non-hydrogen) atoms. The molecule has 2 aliphatic heterocycles. The third kappa shape index (κ3) is 9.37. The Morgan fingerprint density at radius 3 is 2.63 bits per heavy atom. The average molecular weight is 730 g/mol. The van der Waals surface area contributed by atoms with Gasteiger partial charge in [0, 0.05) is 55.4 Å². The van der Waals surface area contributed by atoms with Crippen LogP contribution in [0.2, 0.25) is 5.02 Å². The molecule has 1 saturated heterocycles. The lowest BCUT2D eigenvalue weighted by molar-refractivity contribution is -0.143. The number of furan rings is 1. The van der Waals surface area contributed by atoms with Crippen molar-refractivity contribution < 1.29 is 42.1 Å². The third-order valence-corrected chi connectivity index (χ3v) is 9.52. The van der Waals surface area contributed by atoms with Crippen molar-refractivity contribution in [2.75, 3.05) is 39.3 Å². The van der Waals surface area contributed by atoms with E-state index in [0.717, 1.165) is 10.9 Å². The van der Waals surface area contributed by atoms with Crippen LogP contribution in [-0.4, -0.2) is 101 Å². The van der Waals surface area contributed by atoms with Crippen molar-refractivity contribution >= 4 is 34.4 Å². The molecule has 272 valence electrons. The Kier molecular flexibility index (Phi) is 11.5. The number of ether oxygens (including phenoxy) is 1. The third-order valence-electron chi connectivity index (χ3n) is 9.22. The second kappa shape index (κ2) is 16.0. The van der Waals surface area contributed by atoms with Crippen molar-refractivity contribution in [3.05, 3.63) is 95.0 Å². The van der Waals surface area contributed by atoms with E-state index in [1.807, 2.05) is 22.3 Å². The summed E-state index contributed by atoms with van der Waals surface area (Å²) in [5.41, 5.74) is 1.95. The summed E-state index contributed by atoms with van der Waals surface area (Å²) in [6.07, 6.45) is -3.31. The van der Waals surface area contributed by atoms with Crippen LogP contribution >= 0.6 is 11.6 Å². The number of aliphatic hydroxyl groups is 2. The van der Waals surface area contributed by atoms with Gasteiger partial charge in [0.25, 0.3) is 0 Å². The molecule has 2 amide bonds. The smallest absolute Gasteiger partial charge is 0.405 e. The number of halogens is 4. The number of hydrogen-bond donors (Lipinski definition) is 4. The van der Waals surface area contributed by atoms with Gasteiger partial charge in [-0.05, 0) is 48.7 Å². The zero-order valence-electron chi connectivity index (χ0n) is 27.6.